The molecule has 0 rings (SSSR count). The smallest absolute Gasteiger partial charge is 0.320 e. The zero-order chi connectivity index (χ0) is 8.85. The Bertz CT molecular complexity index is 125. The number of nitrogens with two attached hydrogens (primary N) is 1. The fourth-order valence-corrected chi connectivity index (χ4v) is 1.14. The van der Waals surface area contributed by atoms with Gasteiger partial charge in [-0.1, -0.05) is 26.7 Å². The van der Waals surface area contributed by atoms with Crippen LogP contribution in [-0.4, -0.2) is 17.1 Å². The molecule has 11 heavy (non-hydrogen) atoms. The van der Waals surface area contributed by atoms with E-state index in [1.807, 2.05) is 6.92 Å². The summed E-state index contributed by atoms with van der Waals surface area (Å²) in [5.74, 6) is -0.473. The largest absolute Gasteiger partial charge is 0.480 e. The standard InChI is InChI=1S/C8H17NO2/c1-3-4-6(2)5-7(9)8(10)11/h6-7H,3-5,9H2,1-2H3,(H,10,11)/t6?,7-/m1/s1. The maximum atomic E-state index is 10.3. The Labute approximate surface area is 67.6 Å². The molecule has 2 atom stereocenters. The van der Waals surface area contributed by atoms with E-state index in [2.05, 4.69) is 6.92 Å². The molecule has 3 heteroatoms. The summed E-state index contributed by atoms with van der Waals surface area (Å²) in [6.07, 6.45) is 2.73. The van der Waals surface area contributed by atoms with E-state index in [1.165, 1.54) is 0 Å². The predicted molar refractivity (Wildman–Crippen MR) is 44.3 cm³/mol. The molecule has 0 saturated heterocycles. The number of hydrogen-bond donors (Lipinski definition) is 2. The molecule has 0 spiro atoms. The highest BCUT2D eigenvalue weighted by atomic mass is 16.4. The average Bonchev–Trinajstić information content (AvgIpc) is 1.87. The number of aliphatic carboxylic acids is 1. The molecule has 0 aliphatic carbocycles. The minimum absolute atomic E-state index is 0.422. The van der Waals surface area contributed by atoms with Crippen molar-refractivity contribution in [1.82, 2.24) is 0 Å². The molecule has 3 nitrogen and oxygen atoms in total. The topological polar surface area (TPSA) is 63.3 Å². The lowest BCUT2D eigenvalue weighted by atomic mass is 9.98. The van der Waals surface area contributed by atoms with Crippen LogP contribution in [0.3, 0.4) is 0 Å². The van der Waals surface area contributed by atoms with E-state index in [1.54, 1.807) is 0 Å². The van der Waals surface area contributed by atoms with Crippen LogP contribution in [-0.2, 0) is 4.79 Å². The third-order valence-corrected chi connectivity index (χ3v) is 1.75. The van der Waals surface area contributed by atoms with Crippen molar-refractivity contribution in [3.05, 3.63) is 0 Å². The number of hydrogen-bond acceptors (Lipinski definition) is 2. The zero-order valence-electron chi connectivity index (χ0n) is 7.21. The van der Waals surface area contributed by atoms with Gasteiger partial charge in [0.25, 0.3) is 0 Å². The summed E-state index contributed by atoms with van der Waals surface area (Å²) in [5, 5.41) is 8.47. The van der Waals surface area contributed by atoms with E-state index < -0.39 is 12.0 Å². The van der Waals surface area contributed by atoms with Gasteiger partial charge in [0, 0.05) is 0 Å². The van der Waals surface area contributed by atoms with Crippen LogP contribution in [0.4, 0.5) is 0 Å². The van der Waals surface area contributed by atoms with Crippen LogP contribution in [0.5, 0.6) is 0 Å². The number of carboxylic acid groups (broad SMARTS) is 1. The summed E-state index contributed by atoms with van der Waals surface area (Å²) in [4.78, 5) is 10.3. The number of carboxylic acids is 1. The molecule has 0 heterocycles. The minimum atomic E-state index is -0.895. The highest BCUT2D eigenvalue weighted by Gasteiger charge is 2.14. The van der Waals surface area contributed by atoms with Crippen LogP contribution in [0.1, 0.15) is 33.1 Å². The Morgan fingerprint density at radius 2 is 2.18 bits per heavy atom. The maximum absolute atomic E-state index is 10.3. The van der Waals surface area contributed by atoms with Gasteiger partial charge in [0.15, 0.2) is 0 Å². The molecule has 0 amide bonds. The van der Waals surface area contributed by atoms with Crippen molar-refractivity contribution < 1.29 is 9.90 Å². The molecule has 0 aromatic heterocycles. The van der Waals surface area contributed by atoms with Gasteiger partial charge < -0.3 is 10.8 Å². The van der Waals surface area contributed by atoms with Crippen LogP contribution in [0.25, 0.3) is 0 Å². The van der Waals surface area contributed by atoms with Crippen LogP contribution in [0.2, 0.25) is 0 Å². The van der Waals surface area contributed by atoms with Gasteiger partial charge in [-0.05, 0) is 12.3 Å². The van der Waals surface area contributed by atoms with Gasteiger partial charge in [-0.2, -0.15) is 0 Å². The van der Waals surface area contributed by atoms with E-state index in [4.69, 9.17) is 10.8 Å². The normalized spacial score (nSPS) is 15.9. The Morgan fingerprint density at radius 1 is 1.64 bits per heavy atom. The van der Waals surface area contributed by atoms with Crippen LogP contribution >= 0.6 is 0 Å². The molecule has 0 aliphatic rings. The van der Waals surface area contributed by atoms with Crippen molar-refractivity contribution in [2.45, 2.75) is 39.2 Å². The zero-order valence-corrected chi connectivity index (χ0v) is 7.21. The summed E-state index contributed by atoms with van der Waals surface area (Å²) < 4.78 is 0. The Kier molecular flexibility index (Phi) is 4.86. The van der Waals surface area contributed by atoms with E-state index in [9.17, 15) is 4.79 Å². The van der Waals surface area contributed by atoms with Gasteiger partial charge in [0.1, 0.15) is 6.04 Å². The molecular weight excluding hydrogens is 142 g/mol. The molecule has 0 radical (unpaired) electrons. The van der Waals surface area contributed by atoms with Crippen LogP contribution in [0.15, 0.2) is 0 Å². The lowest BCUT2D eigenvalue weighted by molar-refractivity contribution is -0.138. The van der Waals surface area contributed by atoms with Crippen molar-refractivity contribution in [1.29, 1.82) is 0 Å². The lowest BCUT2D eigenvalue weighted by Gasteiger charge is -2.12. The Morgan fingerprint density at radius 3 is 2.55 bits per heavy atom. The summed E-state index contributed by atoms with van der Waals surface area (Å²) >= 11 is 0. The van der Waals surface area contributed by atoms with Crippen molar-refractivity contribution >= 4 is 5.97 Å². The second-order valence-electron chi connectivity index (χ2n) is 3.07. The van der Waals surface area contributed by atoms with Crippen molar-refractivity contribution in [2.24, 2.45) is 11.7 Å². The summed E-state index contributed by atoms with van der Waals surface area (Å²) in [5.41, 5.74) is 5.35. The van der Waals surface area contributed by atoms with Gasteiger partial charge in [-0.3, -0.25) is 4.79 Å². The van der Waals surface area contributed by atoms with Crippen molar-refractivity contribution in [3.63, 3.8) is 0 Å². The summed E-state index contributed by atoms with van der Waals surface area (Å²) in [6.45, 7) is 4.12. The molecule has 0 saturated carbocycles. The SMILES string of the molecule is CCCC(C)C[C@@H](N)C(=O)O. The van der Waals surface area contributed by atoms with E-state index in [0.717, 1.165) is 12.8 Å². The molecular formula is C8H17NO2. The molecule has 66 valence electrons. The number of carbonyl (C=O) groups is 1. The maximum Gasteiger partial charge on any atom is 0.320 e. The van der Waals surface area contributed by atoms with Gasteiger partial charge in [0.2, 0.25) is 0 Å². The summed E-state index contributed by atoms with van der Waals surface area (Å²) in [6, 6.07) is -0.684. The quantitative estimate of drug-likeness (QED) is 0.634. The molecule has 3 N–H and O–H groups in total. The van der Waals surface area contributed by atoms with Gasteiger partial charge in [0.05, 0.1) is 0 Å². The minimum Gasteiger partial charge on any atom is -0.480 e. The Balaban J connectivity index is 3.56. The second kappa shape index (κ2) is 5.13. The predicted octanol–water partition coefficient (Wildman–Crippen LogP) is 1.22. The molecule has 0 fully saturated rings. The molecule has 0 aliphatic heterocycles. The molecule has 0 aromatic rings. The first-order chi connectivity index (χ1) is 5.07. The monoisotopic (exact) mass is 159 g/mol. The second-order valence-corrected chi connectivity index (χ2v) is 3.07. The van der Waals surface area contributed by atoms with Gasteiger partial charge >= 0.3 is 5.97 Å². The molecule has 0 aromatic carbocycles. The average molecular weight is 159 g/mol. The van der Waals surface area contributed by atoms with Crippen LogP contribution in [0, 0.1) is 5.92 Å². The molecule has 0 bridgehead atoms. The van der Waals surface area contributed by atoms with Crippen molar-refractivity contribution in [2.75, 3.05) is 0 Å². The molecule has 1 unspecified atom stereocenters. The third kappa shape index (κ3) is 4.79. The number of rotatable bonds is 5. The Hall–Kier alpha value is -0.570. The lowest BCUT2D eigenvalue weighted by Crippen LogP contribution is -2.31. The first-order valence-corrected chi connectivity index (χ1v) is 4.06. The van der Waals surface area contributed by atoms with Gasteiger partial charge in [-0.15, -0.1) is 0 Å². The first-order valence-electron chi connectivity index (χ1n) is 4.06. The first kappa shape index (κ1) is 10.4. The summed E-state index contributed by atoms with van der Waals surface area (Å²) in [7, 11) is 0. The highest BCUT2D eigenvalue weighted by Crippen LogP contribution is 2.11. The van der Waals surface area contributed by atoms with Crippen molar-refractivity contribution in [3.8, 4) is 0 Å². The van der Waals surface area contributed by atoms with Crippen LogP contribution < -0.4 is 5.73 Å². The van der Waals surface area contributed by atoms with Gasteiger partial charge in [-0.25, -0.2) is 0 Å². The van der Waals surface area contributed by atoms with E-state index in [-0.39, 0.29) is 0 Å². The fourth-order valence-electron chi connectivity index (χ4n) is 1.14. The van der Waals surface area contributed by atoms with E-state index in [0.29, 0.717) is 12.3 Å². The highest BCUT2D eigenvalue weighted by molar-refractivity contribution is 5.72. The third-order valence-electron chi connectivity index (χ3n) is 1.75. The fraction of sp³-hybridized carbons (Fsp3) is 0.875. The van der Waals surface area contributed by atoms with E-state index >= 15 is 0 Å².